The van der Waals surface area contributed by atoms with E-state index in [4.69, 9.17) is 14.2 Å². The maximum atomic E-state index is 12.7. The van der Waals surface area contributed by atoms with Crippen molar-refractivity contribution < 1.29 is 23.8 Å². The fraction of sp³-hybridized carbons (Fsp3) is 0.841. The predicted octanol–water partition coefficient (Wildman–Crippen LogP) is 20.7. The first-order valence-electron chi connectivity index (χ1n) is 30.2. The number of ether oxygens (including phenoxy) is 3. The smallest absolute Gasteiger partial charge is 0.305 e. The average molecular weight is 954 g/mol. The molecule has 0 aliphatic carbocycles. The highest BCUT2D eigenvalue weighted by Gasteiger charge is 2.16. The van der Waals surface area contributed by atoms with E-state index in [-0.39, 0.29) is 25.2 Å². The third-order valence-electron chi connectivity index (χ3n) is 13.4. The third-order valence-corrected chi connectivity index (χ3v) is 13.4. The van der Waals surface area contributed by atoms with Gasteiger partial charge in [-0.1, -0.05) is 294 Å². The zero-order chi connectivity index (χ0) is 49.2. The molecular formula is C63H116O5. The summed E-state index contributed by atoms with van der Waals surface area (Å²) in [5.74, 6) is -0.343. The van der Waals surface area contributed by atoms with Crippen LogP contribution in [0.3, 0.4) is 0 Å². The normalized spacial score (nSPS) is 12.5. The second-order valence-electron chi connectivity index (χ2n) is 20.2. The molecule has 0 unspecified atom stereocenters. The molecule has 0 aromatic carbocycles. The van der Waals surface area contributed by atoms with E-state index in [0.29, 0.717) is 19.4 Å². The van der Waals surface area contributed by atoms with Crippen molar-refractivity contribution in [1.82, 2.24) is 0 Å². The van der Waals surface area contributed by atoms with Gasteiger partial charge in [-0.25, -0.2) is 0 Å². The Morgan fingerprint density at radius 1 is 0.324 bits per heavy atom. The lowest BCUT2D eigenvalue weighted by atomic mass is 10.0. The van der Waals surface area contributed by atoms with Gasteiger partial charge < -0.3 is 14.2 Å². The summed E-state index contributed by atoms with van der Waals surface area (Å²) < 4.78 is 17.5. The molecule has 0 saturated heterocycles. The van der Waals surface area contributed by atoms with Crippen molar-refractivity contribution >= 4 is 11.9 Å². The SMILES string of the molecule is CC/C=C\C/C=C\C/C=C\C/C=C\CCCCCCC(=O)OC[C@H](COC(=O)CCCCCCCCCCCCCCCCCCCCC)OCCCCCCCCCCCCCCCCCC. The van der Waals surface area contributed by atoms with E-state index in [9.17, 15) is 9.59 Å². The summed E-state index contributed by atoms with van der Waals surface area (Å²) in [4.78, 5) is 25.4. The molecule has 0 spiro atoms. The number of carbonyl (C=O) groups is 2. The second-order valence-corrected chi connectivity index (χ2v) is 20.2. The van der Waals surface area contributed by atoms with Crippen LogP contribution in [-0.4, -0.2) is 37.9 Å². The number of allylic oxidation sites excluding steroid dienone is 8. The summed E-state index contributed by atoms with van der Waals surface area (Å²) in [6.07, 6.45) is 74.5. The number of hydrogen-bond acceptors (Lipinski definition) is 5. The molecule has 398 valence electrons. The molecule has 0 fully saturated rings. The molecular weight excluding hydrogens is 837 g/mol. The summed E-state index contributed by atoms with van der Waals surface area (Å²) in [6, 6.07) is 0. The van der Waals surface area contributed by atoms with Gasteiger partial charge in [0.2, 0.25) is 0 Å². The number of esters is 2. The van der Waals surface area contributed by atoms with Crippen molar-refractivity contribution in [2.45, 2.75) is 322 Å². The van der Waals surface area contributed by atoms with Crippen LogP contribution in [0, 0.1) is 0 Å². The van der Waals surface area contributed by atoms with Gasteiger partial charge in [0.25, 0.3) is 0 Å². The number of rotatable bonds is 56. The Hall–Kier alpha value is -2.14. The summed E-state index contributed by atoms with van der Waals surface area (Å²) in [5.41, 5.74) is 0. The van der Waals surface area contributed by atoms with E-state index in [0.717, 1.165) is 83.5 Å². The Labute approximate surface area is 424 Å². The molecule has 0 amide bonds. The molecule has 0 radical (unpaired) electrons. The maximum absolute atomic E-state index is 12.7. The molecule has 0 aromatic rings. The van der Waals surface area contributed by atoms with E-state index < -0.39 is 6.10 Å². The minimum Gasteiger partial charge on any atom is -0.463 e. The highest BCUT2D eigenvalue weighted by Crippen LogP contribution is 2.17. The largest absolute Gasteiger partial charge is 0.463 e. The van der Waals surface area contributed by atoms with Gasteiger partial charge in [-0.3, -0.25) is 9.59 Å². The van der Waals surface area contributed by atoms with Crippen LogP contribution in [0.5, 0.6) is 0 Å². The first kappa shape index (κ1) is 65.9. The van der Waals surface area contributed by atoms with Gasteiger partial charge in [-0.15, -0.1) is 0 Å². The molecule has 0 heterocycles. The van der Waals surface area contributed by atoms with E-state index in [2.05, 4.69) is 69.4 Å². The standard InChI is InChI=1S/C63H116O5/c1-4-7-10-13-16-19-22-25-28-31-32-34-36-39-42-45-48-51-54-57-63(65)68-60-61(66-58-55-52-49-46-43-40-37-30-27-24-21-18-15-12-9-6-3)59-67-62(64)56-53-50-47-44-41-38-35-33-29-26-23-20-17-14-11-8-5-2/h8,11,17,20,26,29,35,38,61H,4-7,9-10,12-16,18-19,21-25,27-28,30-34,36-37,39-60H2,1-3H3/b11-8-,20-17-,29-26-,38-35-/t61-/m1/s1. The first-order chi connectivity index (χ1) is 33.6. The maximum Gasteiger partial charge on any atom is 0.305 e. The Morgan fingerprint density at radius 2 is 0.603 bits per heavy atom. The third kappa shape index (κ3) is 56.4. The highest BCUT2D eigenvalue weighted by atomic mass is 16.6. The molecule has 0 aromatic heterocycles. The summed E-state index contributed by atoms with van der Waals surface area (Å²) in [7, 11) is 0. The van der Waals surface area contributed by atoms with Gasteiger partial charge in [0.15, 0.2) is 0 Å². The zero-order valence-corrected chi connectivity index (χ0v) is 45.9. The van der Waals surface area contributed by atoms with Gasteiger partial charge in [0.1, 0.15) is 19.3 Å². The van der Waals surface area contributed by atoms with E-state index >= 15 is 0 Å². The molecule has 68 heavy (non-hydrogen) atoms. The van der Waals surface area contributed by atoms with Crippen LogP contribution in [0.4, 0.5) is 0 Å². The molecule has 0 N–H and O–H groups in total. The lowest BCUT2D eigenvalue weighted by molar-refractivity contribution is -0.155. The molecule has 0 aliphatic rings. The van der Waals surface area contributed by atoms with E-state index in [1.807, 2.05) is 0 Å². The summed E-state index contributed by atoms with van der Waals surface area (Å²) in [6.45, 7) is 7.65. The van der Waals surface area contributed by atoms with Crippen molar-refractivity contribution in [2.24, 2.45) is 0 Å². The Morgan fingerprint density at radius 3 is 0.941 bits per heavy atom. The predicted molar refractivity (Wildman–Crippen MR) is 298 cm³/mol. The average Bonchev–Trinajstić information content (AvgIpc) is 3.34. The monoisotopic (exact) mass is 953 g/mol. The van der Waals surface area contributed by atoms with Crippen molar-refractivity contribution in [3.8, 4) is 0 Å². The lowest BCUT2D eigenvalue weighted by Gasteiger charge is -2.18. The Kier molecular flexibility index (Phi) is 57.3. The zero-order valence-electron chi connectivity index (χ0n) is 45.9. The van der Waals surface area contributed by atoms with Crippen molar-refractivity contribution in [3.63, 3.8) is 0 Å². The molecule has 0 saturated carbocycles. The molecule has 1 atom stereocenters. The molecule has 0 bridgehead atoms. The molecule has 0 rings (SSSR count). The fourth-order valence-electron chi connectivity index (χ4n) is 8.89. The van der Waals surface area contributed by atoms with E-state index in [1.165, 1.54) is 199 Å². The minimum atomic E-state index is -0.407. The van der Waals surface area contributed by atoms with Crippen LogP contribution >= 0.6 is 0 Å². The van der Waals surface area contributed by atoms with Gasteiger partial charge in [-0.2, -0.15) is 0 Å². The van der Waals surface area contributed by atoms with Crippen LogP contribution in [0.2, 0.25) is 0 Å². The van der Waals surface area contributed by atoms with Gasteiger partial charge >= 0.3 is 11.9 Å². The van der Waals surface area contributed by atoms with Crippen molar-refractivity contribution in [2.75, 3.05) is 19.8 Å². The number of unbranched alkanes of at least 4 members (excludes halogenated alkanes) is 37. The fourth-order valence-corrected chi connectivity index (χ4v) is 8.89. The van der Waals surface area contributed by atoms with Crippen molar-refractivity contribution in [1.29, 1.82) is 0 Å². The lowest BCUT2D eigenvalue weighted by Crippen LogP contribution is -2.29. The second kappa shape index (κ2) is 59.2. The van der Waals surface area contributed by atoms with Gasteiger partial charge in [0, 0.05) is 19.4 Å². The van der Waals surface area contributed by atoms with E-state index in [1.54, 1.807) is 0 Å². The van der Waals surface area contributed by atoms with Gasteiger partial charge in [0.05, 0.1) is 0 Å². The van der Waals surface area contributed by atoms with Crippen LogP contribution in [-0.2, 0) is 23.8 Å². The van der Waals surface area contributed by atoms with Gasteiger partial charge in [-0.05, 0) is 57.8 Å². The highest BCUT2D eigenvalue weighted by molar-refractivity contribution is 5.69. The van der Waals surface area contributed by atoms with Crippen LogP contribution < -0.4 is 0 Å². The quantitative estimate of drug-likeness (QED) is 0.0345. The first-order valence-corrected chi connectivity index (χ1v) is 30.2. The van der Waals surface area contributed by atoms with Crippen molar-refractivity contribution in [3.05, 3.63) is 48.6 Å². The van der Waals surface area contributed by atoms with Crippen LogP contribution in [0.15, 0.2) is 48.6 Å². The minimum absolute atomic E-state index is 0.149. The molecule has 0 aliphatic heterocycles. The number of hydrogen-bond donors (Lipinski definition) is 0. The number of carbonyl (C=O) groups excluding carboxylic acids is 2. The molecule has 5 nitrogen and oxygen atoms in total. The summed E-state index contributed by atoms with van der Waals surface area (Å²) >= 11 is 0. The molecule has 5 heteroatoms. The van der Waals surface area contributed by atoms with Crippen LogP contribution in [0.1, 0.15) is 316 Å². The van der Waals surface area contributed by atoms with Crippen LogP contribution in [0.25, 0.3) is 0 Å². The Balaban J connectivity index is 4.25. The summed E-state index contributed by atoms with van der Waals surface area (Å²) in [5, 5.41) is 0. The topological polar surface area (TPSA) is 61.8 Å². The Bertz CT molecular complexity index is 1120.